The summed E-state index contributed by atoms with van der Waals surface area (Å²) in [5.41, 5.74) is 0. The molecular formula is C8H14N2O3. The van der Waals surface area contributed by atoms with Gasteiger partial charge in [0.15, 0.2) is 0 Å². The van der Waals surface area contributed by atoms with Crippen LogP contribution in [0.25, 0.3) is 0 Å². The van der Waals surface area contributed by atoms with Crippen molar-refractivity contribution in [1.29, 1.82) is 0 Å². The Kier molecular flexibility index (Phi) is 3.70. The minimum atomic E-state index is -0.114. The molecular weight excluding hydrogens is 172 g/mol. The first-order valence-electron chi connectivity index (χ1n) is 4.36. The topological polar surface area (TPSA) is 58.6 Å². The highest BCUT2D eigenvalue weighted by Crippen LogP contribution is 1.94. The minimum Gasteiger partial charge on any atom is -0.372 e. The molecule has 1 aliphatic heterocycles. The SMILES string of the molecule is CCOCC(=O)N1CCNC(=O)C1. The highest BCUT2D eigenvalue weighted by molar-refractivity contribution is 5.86. The molecule has 1 fully saturated rings. The molecule has 1 N–H and O–H groups in total. The van der Waals surface area contributed by atoms with E-state index in [4.69, 9.17) is 4.74 Å². The number of carbonyl (C=O) groups is 2. The van der Waals surface area contributed by atoms with Crippen LogP contribution in [-0.2, 0) is 14.3 Å². The van der Waals surface area contributed by atoms with E-state index in [0.717, 1.165) is 0 Å². The summed E-state index contributed by atoms with van der Waals surface area (Å²) >= 11 is 0. The number of piperazine rings is 1. The Morgan fingerprint density at radius 1 is 1.69 bits per heavy atom. The van der Waals surface area contributed by atoms with E-state index < -0.39 is 0 Å². The maximum atomic E-state index is 11.3. The first kappa shape index (κ1) is 9.98. The quantitative estimate of drug-likeness (QED) is 0.614. The molecule has 1 aliphatic rings. The van der Waals surface area contributed by atoms with Crippen LogP contribution in [0, 0.1) is 0 Å². The van der Waals surface area contributed by atoms with Crippen molar-refractivity contribution in [2.24, 2.45) is 0 Å². The van der Waals surface area contributed by atoms with E-state index in [1.54, 1.807) is 0 Å². The van der Waals surface area contributed by atoms with Gasteiger partial charge < -0.3 is 15.0 Å². The van der Waals surface area contributed by atoms with Crippen LogP contribution in [0.15, 0.2) is 0 Å². The Hall–Kier alpha value is -1.10. The lowest BCUT2D eigenvalue weighted by atomic mass is 10.3. The molecule has 1 saturated heterocycles. The molecule has 1 heterocycles. The predicted octanol–water partition coefficient (Wildman–Crippen LogP) is -1.02. The highest BCUT2D eigenvalue weighted by atomic mass is 16.5. The van der Waals surface area contributed by atoms with Crippen LogP contribution >= 0.6 is 0 Å². The van der Waals surface area contributed by atoms with Crippen LogP contribution < -0.4 is 5.32 Å². The maximum absolute atomic E-state index is 11.3. The molecule has 0 aromatic carbocycles. The van der Waals surface area contributed by atoms with Crippen LogP contribution in [0.3, 0.4) is 0 Å². The predicted molar refractivity (Wildman–Crippen MR) is 46.1 cm³/mol. The summed E-state index contributed by atoms with van der Waals surface area (Å²) in [4.78, 5) is 23.7. The van der Waals surface area contributed by atoms with E-state index in [1.165, 1.54) is 4.90 Å². The monoisotopic (exact) mass is 186 g/mol. The van der Waals surface area contributed by atoms with Crippen LogP contribution in [0.2, 0.25) is 0 Å². The molecule has 0 aliphatic carbocycles. The molecule has 2 amide bonds. The summed E-state index contributed by atoms with van der Waals surface area (Å²) in [6.07, 6.45) is 0. The third kappa shape index (κ3) is 3.02. The average Bonchev–Trinajstić information content (AvgIpc) is 2.14. The molecule has 74 valence electrons. The summed E-state index contributed by atoms with van der Waals surface area (Å²) in [6, 6.07) is 0. The molecule has 0 saturated carbocycles. The second kappa shape index (κ2) is 4.81. The van der Waals surface area contributed by atoms with E-state index >= 15 is 0 Å². The van der Waals surface area contributed by atoms with E-state index in [1.807, 2.05) is 6.92 Å². The minimum absolute atomic E-state index is 0.0732. The molecule has 5 nitrogen and oxygen atoms in total. The van der Waals surface area contributed by atoms with Gasteiger partial charge in [-0.25, -0.2) is 0 Å². The van der Waals surface area contributed by atoms with E-state index in [0.29, 0.717) is 19.7 Å². The van der Waals surface area contributed by atoms with E-state index in [-0.39, 0.29) is 25.0 Å². The zero-order valence-corrected chi connectivity index (χ0v) is 7.71. The zero-order valence-electron chi connectivity index (χ0n) is 7.71. The van der Waals surface area contributed by atoms with Gasteiger partial charge in [0.1, 0.15) is 6.61 Å². The Labute approximate surface area is 77.0 Å². The largest absolute Gasteiger partial charge is 0.372 e. The summed E-state index contributed by atoms with van der Waals surface area (Å²) in [7, 11) is 0. The van der Waals surface area contributed by atoms with Gasteiger partial charge in [-0.2, -0.15) is 0 Å². The fourth-order valence-electron chi connectivity index (χ4n) is 1.13. The first-order chi connectivity index (χ1) is 6.24. The Morgan fingerprint density at radius 2 is 2.46 bits per heavy atom. The number of rotatable bonds is 3. The Balaban J connectivity index is 2.32. The van der Waals surface area contributed by atoms with Crippen molar-refractivity contribution in [1.82, 2.24) is 10.2 Å². The standard InChI is InChI=1S/C8H14N2O3/c1-2-13-6-8(12)10-4-3-9-7(11)5-10/h2-6H2,1H3,(H,9,11). The van der Waals surface area contributed by atoms with Crippen LogP contribution in [0.5, 0.6) is 0 Å². The molecule has 5 heteroatoms. The number of hydrogen-bond donors (Lipinski definition) is 1. The second-order valence-electron chi connectivity index (χ2n) is 2.80. The first-order valence-corrected chi connectivity index (χ1v) is 4.36. The van der Waals surface area contributed by atoms with Crippen LogP contribution in [0.4, 0.5) is 0 Å². The molecule has 1 rings (SSSR count). The lowest BCUT2D eigenvalue weighted by Gasteiger charge is -2.26. The van der Waals surface area contributed by atoms with Crippen molar-refractivity contribution < 1.29 is 14.3 Å². The molecule has 0 radical (unpaired) electrons. The lowest BCUT2D eigenvalue weighted by Crippen LogP contribution is -2.50. The Morgan fingerprint density at radius 3 is 3.08 bits per heavy atom. The second-order valence-corrected chi connectivity index (χ2v) is 2.80. The van der Waals surface area contributed by atoms with Gasteiger partial charge in [0.05, 0.1) is 6.54 Å². The molecule has 0 aromatic heterocycles. The van der Waals surface area contributed by atoms with Crippen molar-refractivity contribution in [3.8, 4) is 0 Å². The number of ether oxygens (including phenoxy) is 1. The van der Waals surface area contributed by atoms with Crippen molar-refractivity contribution in [2.75, 3.05) is 32.8 Å². The number of amides is 2. The highest BCUT2D eigenvalue weighted by Gasteiger charge is 2.20. The van der Waals surface area contributed by atoms with Gasteiger partial charge in [-0.3, -0.25) is 9.59 Å². The van der Waals surface area contributed by atoms with Gasteiger partial charge >= 0.3 is 0 Å². The third-order valence-corrected chi connectivity index (χ3v) is 1.82. The smallest absolute Gasteiger partial charge is 0.249 e. The Bertz CT molecular complexity index is 206. The van der Waals surface area contributed by atoms with Crippen molar-refractivity contribution >= 4 is 11.8 Å². The van der Waals surface area contributed by atoms with Crippen molar-refractivity contribution in [3.63, 3.8) is 0 Å². The molecule has 0 bridgehead atoms. The van der Waals surface area contributed by atoms with Gasteiger partial charge in [0.25, 0.3) is 0 Å². The fourth-order valence-corrected chi connectivity index (χ4v) is 1.13. The van der Waals surface area contributed by atoms with Gasteiger partial charge in [-0.05, 0) is 6.92 Å². The number of nitrogens with zero attached hydrogens (tertiary/aromatic N) is 1. The number of carbonyl (C=O) groups excluding carboxylic acids is 2. The number of hydrogen-bond acceptors (Lipinski definition) is 3. The summed E-state index contributed by atoms with van der Waals surface area (Å²) in [5, 5.41) is 2.65. The molecule has 0 atom stereocenters. The van der Waals surface area contributed by atoms with Crippen LogP contribution in [-0.4, -0.2) is 49.6 Å². The molecule has 0 spiro atoms. The average molecular weight is 186 g/mol. The molecule has 13 heavy (non-hydrogen) atoms. The fraction of sp³-hybridized carbons (Fsp3) is 0.750. The van der Waals surface area contributed by atoms with Gasteiger partial charge in [-0.15, -0.1) is 0 Å². The maximum Gasteiger partial charge on any atom is 0.249 e. The van der Waals surface area contributed by atoms with E-state index in [9.17, 15) is 9.59 Å². The molecule has 0 unspecified atom stereocenters. The summed E-state index contributed by atoms with van der Waals surface area (Å²) in [6.45, 7) is 3.70. The van der Waals surface area contributed by atoms with Crippen molar-refractivity contribution in [2.45, 2.75) is 6.92 Å². The number of nitrogens with one attached hydrogen (secondary N) is 1. The zero-order chi connectivity index (χ0) is 9.68. The van der Waals surface area contributed by atoms with E-state index in [2.05, 4.69) is 5.32 Å². The summed E-state index contributed by atoms with van der Waals surface area (Å²) < 4.78 is 4.96. The lowest BCUT2D eigenvalue weighted by molar-refractivity contribution is -0.141. The summed E-state index contributed by atoms with van der Waals surface area (Å²) in [5.74, 6) is -0.215. The van der Waals surface area contributed by atoms with Crippen molar-refractivity contribution in [3.05, 3.63) is 0 Å². The van der Waals surface area contributed by atoms with Gasteiger partial charge in [0.2, 0.25) is 11.8 Å². The van der Waals surface area contributed by atoms with Gasteiger partial charge in [-0.1, -0.05) is 0 Å². The third-order valence-electron chi connectivity index (χ3n) is 1.82. The normalized spacial score (nSPS) is 17.0. The van der Waals surface area contributed by atoms with Gasteiger partial charge in [0, 0.05) is 19.7 Å². The molecule has 0 aromatic rings. The van der Waals surface area contributed by atoms with Crippen LogP contribution in [0.1, 0.15) is 6.92 Å².